The number of likely N-dealkylation sites (tertiary alicyclic amines) is 1. The molecular weight excluding hydrogens is 429 g/mol. The predicted molar refractivity (Wildman–Crippen MR) is 111 cm³/mol. The smallest absolute Gasteiger partial charge is 0.487 e. The molecule has 1 fully saturated rings. The molecule has 0 radical (unpaired) electrons. The summed E-state index contributed by atoms with van der Waals surface area (Å²) in [7, 11) is 1.75. The van der Waals surface area contributed by atoms with E-state index in [1.165, 1.54) is 0 Å². The highest BCUT2D eigenvalue weighted by Crippen LogP contribution is 2.44. The molecule has 180 valence electrons. The number of fused-ring (bicyclic) bond motifs is 1. The van der Waals surface area contributed by atoms with Gasteiger partial charge in [0.05, 0.1) is 12.6 Å². The second-order valence-electron chi connectivity index (χ2n) is 8.03. The van der Waals surface area contributed by atoms with E-state index in [2.05, 4.69) is 16.3 Å². The predicted octanol–water partition coefficient (Wildman–Crippen LogP) is 3.54. The van der Waals surface area contributed by atoms with E-state index in [-0.39, 0.29) is 17.6 Å². The summed E-state index contributed by atoms with van der Waals surface area (Å²) in [6, 6.07) is 8.19. The maximum atomic E-state index is 12.2. The lowest BCUT2D eigenvalue weighted by Gasteiger charge is -2.47. The highest BCUT2D eigenvalue weighted by Gasteiger charge is 2.43. The molecular formula is C22H31F3N2O5. The first-order valence-electron chi connectivity index (χ1n) is 10.7. The molecule has 1 amide bonds. The molecule has 7 nitrogen and oxygen atoms in total. The number of carboxylic acid groups (broad SMARTS) is 1. The average molecular weight is 460 g/mol. The van der Waals surface area contributed by atoms with Crippen LogP contribution in [0.1, 0.15) is 50.6 Å². The zero-order valence-corrected chi connectivity index (χ0v) is 18.4. The van der Waals surface area contributed by atoms with Gasteiger partial charge in [0.25, 0.3) is 0 Å². The van der Waals surface area contributed by atoms with Crippen molar-refractivity contribution in [3.8, 4) is 5.75 Å². The topological polar surface area (TPSA) is 88.1 Å². The second-order valence-corrected chi connectivity index (χ2v) is 8.03. The van der Waals surface area contributed by atoms with Crippen LogP contribution in [0, 0.1) is 0 Å². The fourth-order valence-electron chi connectivity index (χ4n) is 3.95. The van der Waals surface area contributed by atoms with Crippen LogP contribution in [0.15, 0.2) is 24.3 Å². The Balaban J connectivity index is 0.000000451. The number of piperidine rings is 1. The van der Waals surface area contributed by atoms with Crippen molar-refractivity contribution in [2.45, 2.75) is 56.8 Å². The summed E-state index contributed by atoms with van der Waals surface area (Å²) in [6.07, 6.45) is -0.790. The van der Waals surface area contributed by atoms with E-state index < -0.39 is 12.1 Å². The SMILES string of the molecule is CCCC(=O)NC1CC2(CCN(CCOC)CC2)Oc2ccccc21.O=C(O)C(F)(F)F. The van der Waals surface area contributed by atoms with Crippen molar-refractivity contribution in [2.75, 3.05) is 33.4 Å². The number of alkyl halides is 3. The van der Waals surface area contributed by atoms with Gasteiger partial charge < -0.3 is 24.8 Å². The Morgan fingerprint density at radius 2 is 1.91 bits per heavy atom. The number of nitrogens with zero attached hydrogens (tertiary/aromatic N) is 1. The molecule has 0 bridgehead atoms. The minimum atomic E-state index is -5.08. The van der Waals surface area contributed by atoms with Gasteiger partial charge in [-0.2, -0.15) is 13.2 Å². The first-order chi connectivity index (χ1) is 15.1. The number of halogens is 3. The number of nitrogens with one attached hydrogen (secondary N) is 1. The van der Waals surface area contributed by atoms with Crippen molar-refractivity contribution in [2.24, 2.45) is 0 Å². The third-order valence-electron chi connectivity index (χ3n) is 5.63. The molecule has 1 unspecified atom stereocenters. The number of hydrogen-bond acceptors (Lipinski definition) is 5. The Kier molecular flexibility index (Phi) is 9.33. The molecule has 10 heteroatoms. The number of amides is 1. The minimum absolute atomic E-state index is 0.0505. The van der Waals surface area contributed by atoms with E-state index in [9.17, 15) is 18.0 Å². The minimum Gasteiger partial charge on any atom is -0.487 e. The van der Waals surface area contributed by atoms with Crippen LogP contribution in [0.5, 0.6) is 5.75 Å². The van der Waals surface area contributed by atoms with E-state index in [1.807, 2.05) is 25.1 Å². The summed E-state index contributed by atoms with van der Waals surface area (Å²) in [5.41, 5.74) is 0.946. The van der Waals surface area contributed by atoms with Gasteiger partial charge in [0.1, 0.15) is 11.4 Å². The number of ether oxygens (including phenoxy) is 2. The lowest BCUT2D eigenvalue weighted by molar-refractivity contribution is -0.192. The first-order valence-corrected chi connectivity index (χ1v) is 10.7. The van der Waals surface area contributed by atoms with Crippen molar-refractivity contribution in [3.63, 3.8) is 0 Å². The summed E-state index contributed by atoms with van der Waals surface area (Å²) in [6.45, 7) is 5.81. The van der Waals surface area contributed by atoms with Crippen LogP contribution in [0.25, 0.3) is 0 Å². The van der Waals surface area contributed by atoms with Crippen LogP contribution >= 0.6 is 0 Å². The van der Waals surface area contributed by atoms with Gasteiger partial charge >= 0.3 is 12.1 Å². The van der Waals surface area contributed by atoms with Gasteiger partial charge in [-0.15, -0.1) is 0 Å². The molecule has 2 aliphatic heterocycles. The molecule has 0 aromatic heterocycles. The van der Waals surface area contributed by atoms with Crippen LogP contribution in [-0.2, 0) is 14.3 Å². The van der Waals surface area contributed by atoms with Crippen LogP contribution < -0.4 is 10.1 Å². The van der Waals surface area contributed by atoms with Crippen molar-refractivity contribution in [3.05, 3.63) is 29.8 Å². The standard InChI is InChI=1S/C20H30N2O3.C2HF3O2/c1-3-6-19(23)21-17-15-20(25-18-8-5-4-7-16(17)18)9-11-22(12-10-20)13-14-24-2;3-2(4,5)1(6)7/h4-5,7-8,17H,3,6,9-15H2,1-2H3,(H,21,23);(H,6,7). The van der Waals surface area contributed by atoms with E-state index in [0.29, 0.717) is 6.42 Å². The maximum Gasteiger partial charge on any atom is 0.490 e. The van der Waals surface area contributed by atoms with Gasteiger partial charge in [-0.1, -0.05) is 25.1 Å². The van der Waals surface area contributed by atoms with E-state index in [4.69, 9.17) is 19.4 Å². The van der Waals surface area contributed by atoms with Gasteiger partial charge in [0.15, 0.2) is 0 Å². The monoisotopic (exact) mass is 460 g/mol. The van der Waals surface area contributed by atoms with Crippen molar-refractivity contribution in [1.29, 1.82) is 0 Å². The lowest BCUT2D eigenvalue weighted by Crippen LogP contribution is -2.52. The molecule has 0 saturated carbocycles. The molecule has 32 heavy (non-hydrogen) atoms. The molecule has 2 heterocycles. The lowest BCUT2D eigenvalue weighted by atomic mass is 9.80. The van der Waals surface area contributed by atoms with Crippen molar-refractivity contribution in [1.82, 2.24) is 10.2 Å². The third kappa shape index (κ3) is 7.37. The molecule has 1 aromatic rings. The van der Waals surface area contributed by atoms with Crippen LogP contribution in [0.3, 0.4) is 0 Å². The van der Waals surface area contributed by atoms with E-state index >= 15 is 0 Å². The number of hydrogen-bond donors (Lipinski definition) is 2. The van der Waals surface area contributed by atoms with Crippen molar-refractivity contribution >= 4 is 11.9 Å². The number of rotatable bonds is 6. The number of aliphatic carboxylic acids is 1. The van der Waals surface area contributed by atoms with Crippen molar-refractivity contribution < 1.29 is 37.3 Å². The molecule has 1 atom stereocenters. The normalized spacial score (nSPS) is 19.8. The summed E-state index contributed by atoms with van der Waals surface area (Å²) >= 11 is 0. The summed E-state index contributed by atoms with van der Waals surface area (Å²) in [5.74, 6) is -1.69. The molecule has 1 spiro atoms. The highest BCUT2D eigenvalue weighted by atomic mass is 19.4. The van der Waals surface area contributed by atoms with Crippen LogP contribution in [0.2, 0.25) is 0 Å². The molecule has 1 aromatic carbocycles. The zero-order chi connectivity index (χ0) is 23.8. The largest absolute Gasteiger partial charge is 0.490 e. The summed E-state index contributed by atoms with van der Waals surface area (Å²) < 4.78 is 43.4. The zero-order valence-electron chi connectivity index (χ0n) is 18.4. The number of carboxylic acids is 1. The van der Waals surface area contributed by atoms with Gasteiger partial charge in [0, 0.05) is 45.1 Å². The summed E-state index contributed by atoms with van der Waals surface area (Å²) in [4.78, 5) is 23.5. The van der Waals surface area contributed by atoms with E-state index in [1.54, 1.807) is 7.11 Å². The number of methoxy groups -OCH3 is 1. The van der Waals surface area contributed by atoms with Gasteiger partial charge in [0.2, 0.25) is 5.91 Å². The molecule has 0 aliphatic carbocycles. The average Bonchev–Trinajstić information content (AvgIpc) is 2.73. The molecule has 3 rings (SSSR count). The number of carbonyl (C=O) groups is 2. The van der Waals surface area contributed by atoms with Gasteiger partial charge in [-0.3, -0.25) is 4.79 Å². The van der Waals surface area contributed by atoms with Crippen LogP contribution in [-0.4, -0.2) is 67.0 Å². The Morgan fingerprint density at radius 1 is 1.28 bits per heavy atom. The maximum absolute atomic E-state index is 12.2. The van der Waals surface area contributed by atoms with Crippen LogP contribution in [0.4, 0.5) is 13.2 Å². The highest BCUT2D eigenvalue weighted by molar-refractivity contribution is 5.76. The fourth-order valence-corrected chi connectivity index (χ4v) is 3.95. The Morgan fingerprint density at radius 3 is 2.47 bits per heavy atom. The Bertz CT molecular complexity index is 764. The second kappa shape index (κ2) is 11.5. The quantitative estimate of drug-likeness (QED) is 0.675. The van der Waals surface area contributed by atoms with Gasteiger partial charge in [-0.25, -0.2) is 4.79 Å². The Hall–Kier alpha value is -2.33. The summed E-state index contributed by atoms with van der Waals surface area (Å²) in [5, 5.41) is 10.4. The van der Waals surface area contributed by atoms with E-state index in [0.717, 1.165) is 63.2 Å². The van der Waals surface area contributed by atoms with Gasteiger partial charge in [-0.05, 0) is 25.3 Å². The third-order valence-corrected chi connectivity index (χ3v) is 5.63. The first kappa shape index (κ1) is 25.9. The number of carbonyl (C=O) groups excluding carboxylic acids is 1. The number of para-hydroxylation sites is 1. The molecule has 2 aliphatic rings. The number of benzene rings is 1. The fraction of sp³-hybridized carbons (Fsp3) is 0.636. The molecule has 2 N–H and O–H groups in total. The molecule has 1 saturated heterocycles. The Labute approximate surface area is 185 Å².